The number of likely N-dealkylation sites (tertiary alicyclic amines) is 1. The van der Waals surface area contributed by atoms with Gasteiger partial charge in [0.15, 0.2) is 0 Å². The first kappa shape index (κ1) is 19.6. The van der Waals surface area contributed by atoms with E-state index in [4.69, 9.17) is 16.7 Å². The second-order valence-electron chi connectivity index (χ2n) is 6.39. The van der Waals surface area contributed by atoms with Gasteiger partial charge in [-0.15, -0.1) is 0 Å². The minimum atomic E-state index is 0.0430. The van der Waals surface area contributed by atoms with Crippen LogP contribution in [0.5, 0.6) is 0 Å². The first-order valence-corrected chi connectivity index (χ1v) is 10.1. The summed E-state index contributed by atoms with van der Waals surface area (Å²) in [6, 6.07) is 8.03. The summed E-state index contributed by atoms with van der Waals surface area (Å²) in [6.07, 6.45) is 2.40. The van der Waals surface area contributed by atoms with Crippen molar-refractivity contribution < 1.29 is 9.90 Å². The summed E-state index contributed by atoms with van der Waals surface area (Å²) in [5, 5.41) is 12.8. The number of hydrogen-bond donors (Lipinski definition) is 2. The number of thioether (sulfide) groups is 1. The van der Waals surface area contributed by atoms with Gasteiger partial charge in [-0.1, -0.05) is 36.7 Å². The Morgan fingerprint density at radius 1 is 1.38 bits per heavy atom. The number of carbonyl (C=O) groups excluding carboxylic acids is 1. The van der Waals surface area contributed by atoms with Crippen molar-refractivity contribution in [3.8, 4) is 0 Å². The number of carbonyl (C=O) groups is 1. The highest BCUT2D eigenvalue weighted by Gasteiger charge is 2.25. The molecule has 1 fully saturated rings. The molecule has 1 aromatic rings. The van der Waals surface area contributed by atoms with Crippen LogP contribution in [0.15, 0.2) is 24.3 Å². The lowest BCUT2D eigenvalue weighted by Crippen LogP contribution is -2.37. The van der Waals surface area contributed by atoms with Crippen molar-refractivity contribution in [3.05, 3.63) is 34.9 Å². The molecule has 1 aromatic carbocycles. The molecular formula is C18H27ClN2O2S. The van der Waals surface area contributed by atoms with Crippen LogP contribution in [0.2, 0.25) is 5.02 Å². The number of nitrogens with zero attached hydrogens (tertiary/aromatic N) is 1. The minimum absolute atomic E-state index is 0.0430. The molecule has 6 heteroatoms. The first-order valence-electron chi connectivity index (χ1n) is 8.55. The molecule has 2 N–H and O–H groups in total. The number of rotatable bonds is 9. The van der Waals surface area contributed by atoms with Crippen molar-refractivity contribution in [1.29, 1.82) is 0 Å². The van der Waals surface area contributed by atoms with Gasteiger partial charge in [-0.2, -0.15) is 11.8 Å². The molecule has 1 aliphatic rings. The first-order chi connectivity index (χ1) is 11.6. The molecule has 1 amide bonds. The van der Waals surface area contributed by atoms with Crippen LogP contribution in [0.25, 0.3) is 0 Å². The van der Waals surface area contributed by atoms with Gasteiger partial charge in [0.05, 0.1) is 11.8 Å². The normalized spacial score (nSPS) is 17.6. The average Bonchev–Trinajstić information content (AvgIpc) is 3.10. The average molecular weight is 371 g/mol. The molecule has 0 radical (unpaired) electrons. The zero-order valence-electron chi connectivity index (χ0n) is 14.2. The molecule has 0 saturated carbocycles. The lowest BCUT2D eigenvalue weighted by Gasteiger charge is -2.29. The maximum Gasteiger partial charge on any atom is 0.230 e. The number of hydrogen-bond acceptors (Lipinski definition) is 4. The Bertz CT molecular complexity index is 523. The molecule has 2 unspecified atom stereocenters. The summed E-state index contributed by atoms with van der Waals surface area (Å²) in [6.45, 7) is 4.83. The van der Waals surface area contributed by atoms with Crippen LogP contribution in [0, 0.1) is 5.92 Å². The highest BCUT2D eigenvalue weighted by atomic mass is 35.5. The maximum atomic E-state index is 12.1. The molecule has 2 rings (SSSR count). The molecule has 0 spiro atoms. The van der Waals surface area contributed by atoms with Crippen molar-refractivity contribution in [2.24, 2.45) is 5.92 Å². The molecule has 0 aliphatic carbocycles. The summed E-state index contributed by atoms with van der Waals surface area (Å²) in [7, 11) is 0. The van der Waals surface area contributed by atoms with E-state index in [1.807, 2.05) is 25.1 Å². The Morgan fingerprint density at radius 2 is 2.08 bits per heavy atom. The number of amides is 1. The van der Waals surface area contributed by atoms with E-state index in [2.05, 4.69) is 16.3 Å². The van der Waals surface area contributed by atoms with E-state index in [0.29, 0.717) is 12.3 Å². The molecule has 1 saturated heterocycles. The second-order valence-corrected chi connectivity index (χ2v) is 7.82. The van der Waals surface area contributed by atoms with Crippen LogP contribution < -0.4 is 5.32 Å². The molecule has 134 valence electrons. The van der Waals surface area contributed by atoms with Crippen LogP contribution in [0.4, 0.5) is 0 Å². The summed E-state index contributed by atoms with van der Waals surface area (Å²) >= 11 is 7.95. The Labute approximate surface area is 153 Å². The fourth-order valence-corrected chi connectivity index (χ4v) is 4.08. The highest BCUT2D eigenvalue weighted by Crippen LogP contribution is 2.29. The zero-order chi connectivity index (χ0) is 17.4. The van der Waals surface area contributed by atoms with Gasteiger partial charge in [-0.05, 0) is 49.2 Å². The van der Waals surface area contributed by atoms with Crippen LogP contribution in [-0.2, 0) is 4.79 Å². The number of aliphatic hydroxyl groups excluding tert-OH is 1. The van der Waals surface area contributed by atoms with Gasteiger partial charge >= 0.3 is 0 Å². The minimum Gasteiger partial charge on any atom is -0.396 e. The van der Waals surface area contributed by atoms with Crippen molar-refractivity contribution in [1.82, 2.24) is 10.2 Å². The van der Waals surface area contributed by atoms with E-state index >= 15 is 0 Å². The molecule has 24 heavy (non-hydrogen) atoms. The lowest BCUT2D eigenvalue weighted by atomic mass is 10.1. The predicted molar refractivity (Wildman–Crippen MR) is 102 cm³/mol. The van der Waals surface area contributed by atoms with Gasteiger partial charge in [0, 0.05) is 18.2 Å². The topological polar surface area (TPSA) is 52.6 Å². The monoisotopic (exact) mass is 370 g/mol. The largest absolute Gasteiger partial charge is 0.396 e. The van der Waals surface area contributed by atoms with Crippen molar-refractivity contribution >= 4 is 29.3 Å². The fourth-order valence-electron chi connectivity index (χ4n) is 2.90. The maximum absolute atomic E-state index is 12.1. The number of aliphatic hydroxyl groups is 1. The predicted octanol–water partition coefficient (Wildman–Crippen LogP) is 2.95. The molecule has 4 nitrogen and oxygen atoms in total. The summed E-state index contributed by atoms with van der Waals surface area (Å²) in [4.78, 5) is 14.5. The van der Waals surface area contributed by atoms with E-state index in [9.17, 15) is 4.79 Å². The third-order valence-electron chi connectivity index (χ3n) is 4.29. The molecule has 0 bridgehead atoms. The molecular weight excluding hydrogens is 344 g/mol. The summed E-state index contributed by atoms with van der Waals surface area (Å²) in [5.41, 5.74) is 1.09. The van der Waals surface area contributed by atoms with E-state index in [0.717, 1.165) is 29.4 Å². The molecule has 1 heterocycles. The van der Waals surface area contributed by atoms with E-state index in [1.54, 1.807) is 11.8 Å². The summed E-state index contributed by atoms with van der Waals surface area (Å²) < 4.78 is 0. The van der Waals surface area contributed by atoms with Crippen molar-refractivity contribution in [2.75, 3.05) is 37.7 Å². The number of benzene rings is 1. The van der Waals surface area contributed by atoms with Gasteiger partial charge in [-0.25, -0.2) is 0 Å². The van der Waals surface area contributed by atoms with Gasteiger partial charge in [0.25, 0.3) is 0 Å². The quantitative estimate of drug-likeness (QED) is 0.701. The molecule has 2 atom stereocenters. The molecule has 1 aliphatic heterocycles. The van der Waals surface area contributed by atoms with Gasteiger partial charge in [0.1, 0.15) is 0 Å². The molecule has 0 aromatic heterocycles. The van der Waals surface area contributed by atoms with E-state index in [-0.39, 0.29) is 24.5 Å². The smallest absolute Gasteiger partial charge is 0.230 e. The van der Waals surface area contributed by atoms with Gasteiger partial charge < -0.3 is 10.4 Å². The van der Waals surface area contributed by atoms with Crippen molar-refractivity contribution in [2.45, 2.75) is 25.8 Å². The van der Waals surface area contributed by atoms with Crippen LogP contribution >= 0.6 is 23.4 Å². The van der Waals surface area contributed by atoms with Gasteiger partial charge in [-0.3, -0.25) is 9.69 Å². The van der Waals surface area contributed by atoms with Gasteiger partial charge in [0.2, 0.25) is 5.91 Å². The number of nitrogens with one attached hydrogen (secondary N) is 1. The summed E-state index contributed by atoms with van der Waals surface area (Å²) in [5.74, 6) is 1.49. The zero-order valence-corrected chi connectivity index (χ0v) is 15.8. The SMILES string of the molecule is CC(CO)CSCC(=O)NCC(c1ccccc1Cl)N1CCCC1. The number of halogens is 1. The van der Waals surface area contributed by atoms with Crippen LogP contribution in [0.1, 0.15) is 31.4 Å². The Kier molecular flexibility index (Phi) is 8.39. The third-order valence-corrected chi connectivity index (χ3v) is 5.90. The van der Waals surface area contributed by atoms with Crippen LogP contribution in [0.3, 0.4) is 0 Å². The standard InChI is InChI=1S/C18H27ClN2O2S/c1-14(11-22)12-24-13-18(23)20-10-17(21-8-4-5-9-21)15-6-2-3-7-16(15)19/h2-3,6-7,14,17,22H,4-5,8-13H2,1H3,(H,20,23). The highest BCUT2D eigenvalue weighted by molar-refractivity contribution is 7.99. The Morgan fingerprint density at radius 3 is 2.75 bits per heavy atom. The Balaban J connectivity index is 1.89. The second kappa shape index (κ2) is 10.3. The lowest BCUT2D eigenvalue weighted by molar-refractivity contribution is -0.118. The van der Waals surface area contributed by atoms with E-state index < -0.39 is 0 Å². The Hall–Kier alpha value is -0.750. The fraction of sp³-hybridized carbons (Fsp3) is 0.611. The van der Waals surface area contributed by atoms with Crippen LogP contribution in [-0.4, -0.2) is 53.7 Å². The van der Waals surface area contributed by atoms with Crippen molar-refractivity contribution in [3.63, 3.8) is 0 Å². The third kappa shape index (κ3) is 5.96. The van der Waals surface area contributed by atoms with E-state index in [1.165, 1.54) is 12.8 Å².